The van der Waals surface area contributed by atoms with Gasteiger partial charge in [-0.05, 0) is 31.2 Å². The molecule has 0 atom stereocenters. The van der Waals surface area contributed by atoms with Crippen LogP contribution in [0.3, 0.4) is 0 Å². The zero-order chi connectivity index (χ0) is 14.5. The number of rotatable bonds is 5. The van der Waals surface area contributed by atoms with Gasteiger partial charge in [0.05, 0.1) is 30.6 Å². The predicted molar refractivity (Wildman–Crippen MR) is 78.0 cm³/mol. The Morgan fingerprint density at radius 1 is 1.45 bits per heavy atom. The first-order valence-corrected chi connectivity index (χ1v) is 6.66. The number of carbonyl (C=O) groups excluding carboxylic acids is 1. The molecular weight excluding hydrogens is 278 g/mol. The molecule has 2 aromatic rings. The molecule has 0 radical (unpaired) electrons. The molecule has 6 heteroatoms. The number of aryl methyl sites for hydroxylation is 1. The number of aromatic nitrogens is 2. The van der Waals surface area contributed by atoms with Crippen LogP contribution in [-0.4, -0.2) is 22.9 Å². The van der Waals surface area contributed by atoms with E-state index in [0.29, 0.717) is 22.8 Å². The monoisotopic (exact) mass is 293 g/mol. The predicted octanol–water partition coefficient (Wildman–Crippen LogP) is 2.96. The van der Waals surface area contributed by atoms with Crippen molar-refractivity contribution in [3.63, 3.8) is 0 Å². The molecule has 5 nitrogen and oxygen atoms in total. The van der Waals surface area contributed by atoms with Crippen molar-refractivity contribution < 1.29 is 9.53 Å². The van der Waals surface area contributed by atoms with E-state index in [9.17, 15) is 4.79 Å². The molecule has 2 rings (SSSR count). The van der Waals surface area contributed by atoms with Gasteiger partial charge in [-0.25, -0.2) is 4.79 Å². The lowest BCUT2D eigenvalue weighted by Gasteiger charge is -2.12. The minimum atomic E-state index is -0.395. The van der Waals surface area contributed by atoms with Crippen LogP contribution in [0.5, 0.6) is 0 Å². The van der Waals surface area contributed by atoms with Crippen molar-refractivity contribution in [3.8, 4) is 0 Å². The highest BCUT2D eigenvalue weighted by molar-refractivity contribution is 6.31. The van der Waals surface area contributed by atoms with Crippen LogP contribution in [0.25, 0.3) is 0 Å². The number of benzene rings is 1. The molecule has 0 aliphatic heterocycles. The van der Waals surface area contributed by atoms with Crippen LogP contribution in [-0.2, 0) is 17.8 Å². The van der Waals surface area contributed by atoms with E-state index in [1.54, 1.807) is 24.4 Å². The lowest BCUT2D eigenvalue weighted by Crippen LogP contribution is -2.11. The molecule has 0 fully saturated rings. The zero-order valence-electron chi connectivity index (χ0n) is 11.4. The average molecular weight is 294 g/mol. The van der Waals surface area contributed by atoms with Crippen molar-refractivity contribution in [2.45, 2.75) is 20.0 Å². The minimum Gasteiger partial charge on any atom is -0.465 e. The van der Waals surface area contributed by atoms with Crippen molar-refractivity contribution in [1.29, 1.82) is 0 Å². The Hall–Kier alpha value is -2.01. The Kier molecular flexibility index (Phi) is 4.63. The van der Waals surface area contributed by atoms with Gasteiger partial charge in [0, 0.05) is 17.8 Å². The van der Waals surface area contributed by atoms with Gasteiger partial charge in [-0.3, -0.25) is 4.68 Å². The van der Waals surface area contributed by atoms with E-state index in [2.05, 4.69) is 10.4 Å². The summed E-state index contributed by atoms with van der Waals surface area (Å²) in [6.07, 6.45) is 1.75. The molecule has 0 aliphatic rings. The third-order valence-corrected chi connectivity index (χ3v) is 3.19. The topological polar surface area (TPSA) is 56.2 Å². The smallest absolute Gasteiger partial charge is 0.339 e. The minimum absolute atomic E-state index is 0.395. The molecule has 0 unspecified atom stereocenters. The van der Waals surface area contributed by atoms with Crippen LogP contribution in [0.1, 0.15) is 23.0 Å². The number of nitrogens with one attached hydrogen (secondary N) is 1. The van der Waals surface area contributed by atoms with Gasteiger partial charge in [0.2, 0.25) is 0 Å². The molecule has 0 amide bonds. The number of hydrogen-bond donors (Lipinski definition) is 1. The first-order valence-electron chi connectivity index (χ1n) is 6.28. The highest BCUT2D eigenvalue weighted by Crippen LogP contribution is 2.22. The van der Waals surface area contributed by atoms with Crippen molar-refractivity contribution in [3.05, 3.63) is 46.7 Å². The molecule has 0 bridgehead atoms. The summed E-state index contributed by atoms with van der Waals surface area (Å²) in [5, 5.41) is 7.96. The maximum Gasteiger partial charge on any atom is 0.339 e. The van der Waals surface area contributed by atoms with E-state index in [4.69, 9.17) is 16.3 Å². The zero-order valence-corrected chi connectivity index (χ0v) is 12.1. The number of halogens is 1. The van der Waals surface area contributed by atoms with E-state index in [1.165, 1.54) is 7.11 Å². The van der Waals surface area contributed by atoms with Crippen LogP contribution in [0.4, 0.5) is 5.69 Å². The third-order valence-electron chi connectivity index (χ3n) is 2.95. The number of nitrogens with zero attached hydrogens (tertiary/aromatic N) is 2. The Labute approximate surface area is 122 Å². The first-order chi connectivity index (χ1) is 9.65. The lowest BCUT2D eigenvalue weighted by atomic mass is 10.1. The van der Waals surface area contributed by atoms with Gasteiger partial charge in [-0.1, -0.05) is 11.6 Å². The molecule has 1 N–H and O–H groups in total. The molecule has 0 saturated carbocycles. The Balaban J connectivity index is 2.20. The van der Waals surface area contributed by atoms with Gasteiger partial charge >= 0.3 is 5.97 Å². The van der Waals surface area contributed by atoms with Crippen LogP contribution in [0.15, 0.2) is 30.5 Å². The molecular formula is C14H16ClN3O2. The molecule has 0 saturated heterocycles. The highest BCUT2D eigenvalue weighted by Gasteiger charge is 2.12. The molecule has 1 heterocycles. The van der Waals surface area contributed by atoms with E-state index in [1.807, 2.05) is 17.7 Å². The van der Waals surface area contributed by atoms with Gasteiger partial charge in [-0.2, -0.15) is 5.10 Å². The third kappa shape index (κ3) is 3.11. The molecule has 0 aliphatic carbocycles. The number of methoxy groups -OCH3 is 1. The van der Waals surface area contributed by atoms with Gasteiger partial charge in [0.15, 0.2) is 0 Å². The Bertz CT molecular complexity index is 610. The second-order valence-electron chi connectivity index (χ2n) is 4.17. The Morgan fingerprint density at radius 2 is 2.25 bits per heavy atom. The van der Waals surface area contributed by atoms with Gasteiger partial charge in [0.1, 0.15) is 0 Å². The lowest BCUT2D eigenvalue weighted by molar-refractivity contribution is 0.0602. The normalized spacial score (nSPS) is 10.3. The van der Waals surface area contributed by atoms with Crippen molar-refractivity contribution >= 4 is 23.3 Å². The summed E-state index contributed by atoms with van der Waals surface area (Å²) in [6, 6.07) is 6.95. The largest absolute Gasteiger partial charge is 0.465 e. The van der Waals surface area contributed by atoms with Crippen molar-refractivity contribution in [2.75, 3.05) is 12.4 Å². The fourth-order valence-electron chi connectivity index (χ4n) is 1.93. The SMILES string of the molecule is CCn1nccc1CNc1cc(Cl)ccc1C(=O)OC. The number of esters is 1. The van der Waals surface area contributed by atoms with Crippen molar-refractivity contribution in [2.24, 2.45) is 0 Å². The quantitative estimate of drug-likeness (QED) is 0.861. The maximum absolute atomic E-state index is 11.7. The second kappa shape index (κ2) is 6.43. The summed E-state index contributed by atoms with van der Waals surface area (Å²) in [7, 11) is 1.35. The average Bonchev–Trinajstić information content (AvgIpc) is 2.91. The standard InChI is InChI=1S/C14H16ClN3O2/c1-3-18-11(6-7-17-18)9-16-13-8-10(15)4-5-12(13)14(19)20-2/h4-8,16H,3,9H2,1-2H3. The van der Waals surface area contributed by atoms with Crippen molar-refractivity contribution in [1.82, 2.24) is 9.78 Å². The van der Waals surface area contributed by atoms with E-state index >= 15 is 0 Å². The number of ether oxygens (including phenoxy) is 1. The second-order valence-corrected chi connectivity index (χ2v) is 4.61. The number of hydrogen-bond acceptors (Lipinski definition) is 4. The van der Waals surface area contributed by atoms with Crippen LogP contribution >= 0.6 is 11.6 Å². The van der Waals surface area contributed by atoms with Gasteiger partial charge in [0.25, 0.3) is 0 Å². The summed E-state index contributed by atoms with van der Waals surface area (Å²) < 4.78 is 6.64. The maximum atomic E-state index is 11.7. The summed E-state index contributed by atoms with van der Waals surface area (Å²) in [6.45, 7) is 3.37. The molecule has 0 spiro atoms. The van der Waals surface area contributed by atoms with Crippen LogP contribution in [0, 0.1) is 0 Å². The van der Waals surface area contributed by atoms with Gasteiger partial charge < -0.3 is 10.1 Å². The molecule has 1 aromatic heterocycles. The highest BCUT2D eigenvalue weighted by atomic mass is 35.5. The van der Waals surface area contributed by atoms with E-state index < -0.39 is 5.97 Å². The molecule has 1 aromatic carbocycles. The fraction of sp³-hybridized carbons (Fsp3) is 0.286. The summed E-state index contributed by atoms with van der Waals surface area (Å²) in [4.78, 5) is 11.7. The fourth-order valence-corrected chi connectivity index (χ4v) is 2.10. The summed E-state index contributed by atoms with van der Waals surface area (Å²) in [5.41, 5.74) is 2.14. The van der Waals surface area contributed by atoms with Crippen LogP contribution in [0.2, 0.25) is 5.02 Å². The molecule has 20 heavy (non-hydrogen) atoms. The number of carbonyl (C=O) groups is 1. The molecule has 106 valence electrons. The van der Waals surface area contributed by atoms with Gasteiger partial charge in [-0.15, -0.1) is 0 Å². The van der Waals surface area contributed by atoms with Crippen LogP contribution < -0.4 is 5.32 Å². The Morgan fingerprint density at radius 3 is 2.95 bits per heavy atom. The first kappa shape index (κ1) is 14.4. The summed E-state index contributed by atoms with van der Waals surface area (Å²) >= 11 is 5.97. The van der Waals surface area contributed by atoms with E-state index in [-0.39, 0.29) is 0 Å². The summed E-state index contributed by atoms with van der Waals surface area (Å²) in [5.74, 6) is -0.395. The van der Waals surface area contributed by atoms with E-state index in [0.717, 1.165) is 12.2 Å². The number of anilines is 1.